The predicted octanol–water partition coefficient (Wildman–Crippen LogP) is 3.17. The number of anilines is 1. The van der Waals surface area contributed by atoms with E-state index in [4.69, 9.17) is 0 Å². The number of rotatable bonds is 5. The van der Waals surface area contributed by atoms with Crippen molar-refractivity contribution in [1.82, 2.24) is 10.2 Å². The van der Waals surface area contributed by atoms with Gasteiger partial charge in [0.2, 0.25) is 0 Å². The summed E-state index contributed by atoms with van der Waals surface area (Å²) in [5.41, 5.74) is 1.42. The van der Waals surface area contributed by atoms with E-state index in [0.29, 0.717) is 6.54 Å². The van der Waals surface area contributed by atoms with Gasteiger partial charge >= 0.3 is 11.8 Å². The van der Waals surface area contributed by atoms with Crippen molar-refractivity contribution in [3.05, 3.63) is 52.5 Å². The van der Waals surface area contributed by atoms with Gasteiger partial charge in [-0.05, 0) is 66.5 Å². The molecule has 1 aliphatic rings. The van der Waals surface area contributed by atoms with Crippen molar-refractivity contribution < 1.29 is 14.0 Å². The summed E-state index contributed by atoms with van der Waals surface area (Å²) in [6, 6.07) is 7.59. The molecule has 1 saturated heterocycles. The highest BCUT2D eigenvalue weighted by Gasteiger charge is 2.24. The van der Waals surface area contributed by atoms with Crippen LogP contribution in [0.4, 0.5) is 10.1 Å². The van der Waals surface area contributed by atoms with Crippen LogP contribution in [0.3, 0.4) is 0 Å². The lowest BCUT2D eigenvalue weighted by Gasteiger charge is -2.34. The molecule has 26 heavy (non-hydrogen) atoms. The molecule has 0 radical (unpaired) electrons. The van der Waals surface area contributed by atoms with E-state index in [0.717, 1.165) is 31.5 Å². The average Bonchev–Trinajstić information content (AvgIpc) is 3.17. The van der Waals surface area contributed by atoms with Gasteiger partial charge in [0.05, 0.1) is 6.04 Å². The number of carbonyl (C=O) groups excluding carboxylic acids is 2. The van der Waals surface area contributed by atoms with E-state index in [1.54, 1.807) is 11.3 Å². The fourth-order valence-corrected chi connectivity index (χ4v) is 3.88. The Morgan fingerprint density at radius 1 is 1.15 bits per heavy atom. The maximum Gasteiger partial charge on any atom is 0.313 e. The van der Waals surface area contributed by atoms with Crippen molar-refractivity contribution in [2.24, 2.45) is 0 Å². The highest BCUT2D eigenvalue weighted by Crippen LogP contribution is 2.25. The van der Waals surface area contributed by atoms with Crippen LogP contribution in [0.1, 0.15) is 30.9 Å². The topological polar surface area (TPSA) is 61.4 Å². The van der Waals surface area contributed by atoms with E-state index >= 15 is 0 Å². The van der Waals surface area contributed by atoms with Gasteiger partial charge in [-0.15, -0.1) is 0 Å². The molecule has 1 unspecified atom stereocenters. The summed E-state index contributed by atoms with van der Waals surface area (Å²) < 4.78 is 13.2. The predicted molar refractivity (Wildman–Crippen MR) is 101 cm³/mol. The van der Waals surface area contributed by atoms with E-state index in [1.165, 1.54) is 30.7 Å². The third kappa shape index (κ3) is 4.89. The standard InChI is InChI=1S/C19H22FN3O2S/c20-15-5-4-6-16(11-15)22-19(25)18(24)21-12-17(14-7-10-26-13-14)23-8-2-1-3-9-23/h4-7,10-11,13,17H,1-3,8-9,12H2,(H,21,24)(H,22,25). The van der Waals surface area contributed by atoms with Gasteiger partial charge in [0.1, 0.15) is 5.82 Å². The molecule has 1 aliphatic heterocycles. The molecule has 0 bridgehead atoms. The third-order valence-electron chi connectivity index (χ3n) is 4.50. The van der Waals surface area contributed by atoms with Crippen LogP contribution < -0.4 is 10.6 Å². The molecule has 138 valence electrons. The lowest BCUT2D eigenvalue weighted by atomic mass is 10.0. The maximum atomic E-state index is 13.2. The molecule has 2 N–H and O–H groups in total. The summed E-state index contributed by atoms with van der Waals surface area (Å²) in [7, 11) is 0. The minimum Gasteiger partial charge on any atom is -0.346 e. The SMILES string of the molecule is O=C(NCC(c1ccsc1)N1CCCCC1)C(=O)Nc1cccc(F)c1. The van der Waals surface area contributed by atoms with Crippen molar-refractivity contribution in [3.63, 3.8) is 0 Å². The van der Waals surface area contributed by atoms with Crippen LogP contribution >= 0.6 is 11.3 Å². The monoisotopic (exact) mass is 375 g/mol. The minimum absolute atomic E-state index is 0.0625. The molecule has 1 aromatic carbocycles. The number of likely N-dealkylation sites (tertiary alicyclic amines) is 1. The molecule has 0 aliphatic carbocycles. The van der Waals surface area contributed by atoms with E-state index in [2.05, 4.69) is 27.0 Å². The Morgan fingerprint density at radius 3 is 2.65 bits per heavy atom. The second kappa shape index (κ2) is 8.91. The quantitative estimate of drug-likeness (QED) is 0.789. The Kier molecular flexibility index (Phi) is 6.35. The Bertz CT molecular complexity index is 745. The second-order valence-corrected chi connectivity index (χ2v) is 7.12. The number of benzene rings is 1. The smallest absolute Gasteiger partial charge is 0.313 e. The molecular formula is C19H22FN3O2S. The van der Waals surface area contributed by atoms with Crippen LogP contribution in [-0.2, 0) is 9.59 Å². The number of piperidine rings is 1. The first-order chi connectivity index (χ1) is 12.6. The molecule has 2 aromatic rings. The maximum absolute atomic E-state index is 13.2. The van der Waals surface area contributed by atoms with E-state index in [1.807, 2.05) is 5.38 Å². The Hall–Kier alpha value is -2.25. The van der Waals surface area contributed by atoms with E-state index in [-0.39, 0.29) is 11.7 Å². The number of halogens is 1. The molecular weight excluding hydrogens is 353 g/mol. The van der Waals surface area contributed by atoms with Gasteiger partial charge in [-0.1, -0.05) is 12.5 Å². The summed E-state index contributed by atoms with van der Waals surface area (Å²) in [6.45, 7) is 2.35. The molecule has 2 heterocycles. The normalized spacial score (nSPS) is 16.0. The fourth-order valence-electron chi connectivity index (χ4n) is 3.18. The first-order valence-electron chi connectivity index (χ1n) is 8.74. The summed E-state index contributed by atoms with van der Waals surface area (Å²) in [4.78, 5) is 26.6. The molecule has 5 nitrogen and oxygen atoms in total. The number of hydrogen-bond acceptors (Lipinski definition) is 4. The van der Waals surface area contributed by atoms with Crippen molar-refractivity contribution in [2.45, 2.75) is 25.3 Å². The Balaban J connectivity index is 1.59. The van der Waals surface area contributed by atoms with Gasteiger partial charge in [-0.25, -0.2) is 4.39 Å². The van der Waals surface area contributed by atoms with Crippen molar-refractivity contribution in [3.8, 4) is 0 Å². The Morgan fingerprint density at radius 2 is 1.96 bits per heavy atom. The highest BCUT2D eigenvalue weighted by molar-refractivity contribution is 7.08. The summed E-state index contributed by atoms with van der Waals surface area (Å²) in [6.07, 6.45) is 3.53. The molecule has 1 fully saturated rings. The molecule has 1 atom stereocenters. The lowest BCUT2D eigenvalue weighted by Crippen LogP contribution is -2.43. The van der Waals surface area contributed by atoms with Gasteiger partial charge in [-0.3, -0.25) is 14.5 Å². The van der Waals surface area contributed by atoms with Gasteiger partial charge in [0, 0.05) is 12.2 Å². The minimum atomic E-state index is -0.793. The number of thiophene rings is 1. The largest absolute Gasteiger partial charge is 0.346 e. The number of hydrogen-bond donors (Lipinski definition) is 2. The first kappa shape index (κ1) is 18.5. The fraction of sp³-hybridized carbons (Fsp3) is 0.368. The Labute approximate surface area is 156 Å². The molecule has 7 heteroatoms. The zero-order valence-electron chi connectivity index (χ0n) is 14.4. The zero-order chi connectivity index (χ0) is 18.4. The number of nitrogens with zero attached hydrogens (tertiary/aromatic N) is 1. The van der Waals surface area contributed by atoms with Crippen molar-refractivity contribution in [1.29, 1.82) is 0 Å². The van der Waals surface area contributed by atoms with Crippen molar-refractivity contribution in [2.75, 3.05) is 25.0 Å². The van der Waals surface area contributed by atoms with Crippen LogP contribution in [0.25, 0.3) is 0 Å². The zero-order valence-corrected chi connectivity index (χ0v) is 15.2. The van der Waals surface area contributed by atoms with E-state index < -0.39 is 17.6 Å². The van der Waals surface area contributed by atoms with Crippen LogP contribution in [0, 0.1) is 5.82 Å². The summed E-state index contributed by atoms with van der Waals surface area (Å²) in [5, 5.41) is 9.24. The molecule has 2 amide bonds. The number of nitrogens with one attached hydrogen (secondary N) is 2. The van der Waals surface area contributed by atoms with Crippen molar-refractivity contribution >= 4 is 28.8 Å². The molecule has 0 saturated carbocycles. The summed E-state index contributed by atoms with van der Waals surface area (Å²) >= 11 is 1.62. The van der Waals surface area contributed by atoms with Crippen LogP contribution in [-0.4, -0.2) is 36.3 Å². The molecule has 1 aromatic heterocycles. The molecule has 0 spiro atoms. The first-order valence-corrected chi connectivity index (χ1v) is 9.68. The average molecular weight is 375 g/mol. The van der Waals surface area contributed by atoms with Gasteiger partial charge in [0.25, 0.3) is 0 Å². The third-order valence-corrected chi connectivity index (χ3v) is 5.21. The van der Waals surface area contributed by atoms with Crippen LogP contribution in [0.2, 0.25) is 0 Å². The van der Waals surface area contributed by atoms with Crippen LogP contribution in [0.5, 0.6) is 0 Å². The number of amides is 2. The molecule has 3 rings (SSSR count). The van der Waals surface area contributed by atoms with Gasteiger partial charge < -0.3 is 10.6 Å². The van der Waals surface area contributed by atoms with Crippen LogP contribution in [0.15, 0.2) is 41.1 Å². The number of carbonyl (C=O) groups is 2. The van der Waals surface area contributed by atoms with Gasteiger partial charge in [0.15, 0.2) is 0 Å². The highest BCUT2D eigenvalue weighted by atomic mass is 32.1. The summed E-state index contributed by atoms with van der Waals surface area (Å²) in [5.74, 6) is -1.98. The lowest BCUT2D eigenvalue weighted by molar-refractivity contribution is -0.136. The van der Waals surface area contributed by atoms with Gasteiger partial charge in [-0.2, -0.15) is 11.3 Å². The second-order valence-electron chi connectivity index (χ2n) is 6.34. The van der Waals surface area contributed by atoms with E-state index in [9.17, 15) is 14.0 Å².